The van der Waals surface area contributed by atoms with E-state index in [1.165, 1.54) is 11.0 Å². The third-order valence-electron chi connectivity index (χ3n) is 2.29. The van der Waals surface area contributed by atoms with Crippen molar-refractivity contribution in [3.05, 3.63) is 11.8 Å². The Balaban J connectivity index is 0.00000112. The molecule has 2 fully saturated rings. The molecule has 0 unspecified atom stereocenters. The van der Waals surface area contributed by atoms with E-state index < -0.39 is 18.2 Å². The molecular formula is C8H10NNaO5. The number of fused-ring (bicyclic) bond motifs is 1. The molecule has 2 N–H and O–H groups in total. The first-order chi connectivity index (χ1) is 6.65. The van der Waals surface area contributed by atoms with E-state index in [0.717, 1.165) is 0 Å². The standard InChI is InChI=1S/C8H9NO5.Na.H/c10-2-1-4-7(8(12)13)9-5(11)3-6(9)14-4;;/h1,6-7,10H,2-3H2,(H,12,13);;/t6-,7-;;/m1../s1. The summed E-state index contributed by atoms with van der Waals surface area (Å²) in [4.78, 5) is 23.1. The van der Waals surface area contributed by atoms with Gasteiger partial charge in [-0.2, -0.15) is 0 Å². The molecule has 6 nitrogen and oxygen atoms in total. The van der Waals surface area contributed by atoms with Crippen LogP contribution < -0.4 is 0 Å². The number of carboxylic acids is 1. The summed E-state index contributed by atoms with van der Waals surface area (Å²) in [6.07, 6.45) is 1.03. The maximum absolute atomic E-state index is 11.1. The Labute approximate surface area is 108 Å². The number of aliphatic hydroxyl groups is 1. The number of amides is 1. The zero-order chi connectivity index (χ0) is 10.3. The molecule has 0 aromatic heterocycles. The van der Waals surface area contributed by atoms with Gasteiger partial charge >= 0.3 is 35.5 Å². The number of carbonyl (C=O) groups is 2. The van der Waals surface area contributed by atoms with Crippen molar-refractivity contribution >= 4 is 41.4 Å². The van der Waals surface area contributed by atoms with Gasteiger partial charge in [0, 0.05) is 0 Å². The van der Waals surface area contributed by atoms with Gasteiger partial charge in [-0.3, -0.25) is 9.69 Å². The Morgan fingerprint density at radius 1 is 1.67 bits per heavy atom. The van der Waals surface area contributed by atoms with Crippen molar-refractivity contribution in [3.63, 3.8) is 0 Å². The number of rotatable bonds is 2. The zero-order valence-electron chi connectivity index (χ0n) is 7.21. The van der Waals surface area contributed by atoms with Crippen LogP contribution in [-0.2, 0) is 14.3 Å². The van der Waals surface area contributed by atoms with Crippen LogP contribution in [-0.4, -0.2) is 75.4 Å². The summed E-state index contributed by atoms with van der Waals surface area (Å²) in [5.74, 6) is -1.22. The minimum absolute atomic E-state index is 0. The Kier molecular flexibility index (Phi) is 3.77. The van der Waals surface area contributed by atoms with Crippen LogP contribution in [0.1, 0.15) is 6.42 Å². The molecule has 2 rings (SSSR count). The first-order valence-electron chi connectivity index (χ1n) is 4.16. The van der Waals surface area contributed by atoms with E-state index in [0.29, 0.717) is 0 Å². The maximum atomic E-state index is 11.1. The van der Waals surface area contributed by atoms with Crippen LogP contribution >= 0.6 is 0 Å². The van der Waals surface area contributed by atoms with Crippen molar-refractivity contribution in [2.75, 3.05) is 6.61 Å². The molecule has 78 valence electrons. The van der Waals surface area contributed by atoms with Gasteiger partial charge in [0.2, 0.25) is 5.91 Å². The van der Waals surface area contributed by atoms with Crippen molar-refractivity contribution in [2.45, 2.75) is 18.7 Å². The zero-order valence-corrected chi connectivity index (χ0v) is 7.21. The fraction of sp³-hybridized carbons (Fsp3) is 0.500. The van der Waals surface area contributed by atoms with Crippen LogP contribution in [0.2, 0.25) is 0 Å². The Hall–Kier alpha value is -0.560. The van der Waals surface area contributed by atoms with E-state index in [1.807, 2.05) is 0 Å². The number of hydrogen-bond acceptors (Lipinski definition) is 4. The molecule has 2 saturated heterocycles. The van der Waals surface area contributed by atoms with Crippen LogP contribution in [0.3, 0.4) is 0 Å². The number of aliphatic hydroxyl groups excluding tert-OH is 1. The van der Waals surface area contributed by atoms with Crippen LogP contribution in [0.15, 0.2) is 11.8 Å². The number of nitrogens with zero attached hydrogens (tertiary/aromatic N) is 1. The molecule has 0 radical (unpaired) electrons. The van der Waals surface area contributed by atoms with Gasteiger partial charge in [0.05, 0.1) is 13.0 Å². The van der Waals surface area contributed by atoms with Gasteiger partial charge in [-0.1, -0.05) is 0 Å². The SMILES string of the molecule is O=C(O)[C@H]1C(=CCO)O[C@@H]2CC(=O)N12.[NaH]. The monoisotopic (exact) mass is 223 g/mol. The van der Waals surface area contributed by atoms with Gasteiger partial charge in [0.15, 0.2) is 12.3 Å². The molecule has 0 aliphatic carbocycles. The molecule has 0 saturated carbocycles. The summed E-state index contributed by atoms with van der Waals surface area (Å²) in [7, 11) is 0. The molecule has 0 bridgehead atoms. The number of carboxylic acid groups (broad SMARTS) is 1. The van der Waals surface area contributed by atoms with E-state index >= 15 is 0 Å². The molecule has 2 atom stereocenters. The number of aliphatic carboxylic acids is 1. The van der Waals surface area contributed by atoms with E-state index in [9.17, 15) is 9.59 Å². The molecule has 0 aromatic rings. The molecule has 2 aliphatic heterocycles. The summed E-state index contributed by atoms with van der Waals surface area (Å²) >= 11 is 0. The fourth-order valence-corrected chi connectivity index (χ4v) is 1.66. The second kappa shape index (κ2) is 4.52. The van der Waals surface area contributed by atoms with Crippen molar-refractivity contribution in [3.8, 4) is 0 Å². The molecule has 1 amide bonds. The van der Waals surface area contributed by atoms with Gasteiger partial charge in [-0.15, -0.1) is 0 Å². The van der Waals surface area contributed by atoms with Gasteiger partial charge in [0.25, 0.3) is 0 Å². The summed E-state index contributed by atoms with van der Waals surface area (Å²) in [5, 5.41) is 17.5. The van der Waals surface area contributed by atoms with E-state index in [1.54, 1.807) is 0 Å². The summed E-state index contributed by atoms with van der Waals surface area (Å²) < 4.78 is 5.17. The average molecular weight is 223 g/mol. The van der Waals surface area contributed by atoms with Crippen molar-refractivity contribution in [2.24, 2.45) is 0 Å². The molecule has 0 aromatic carbocycles. The predicted octanol–water partition coefficient (Wildman–Crippen LogP) is -1.74. The summed E-state index contributed by atoms with van der Waals surface area (Å²) in [6.45, 7) is -0.298. The van der Waals surface area contributed by atoms with Gasteiger partial charge in [-0.25, -0.2) is 4.79 Å². The third kappa shape index (κ3) is 1.90. The molecule has 0 spiro atoms. The molecule has 15 heavy (non-hydrogen) atoms. The second-order valence-electron chi connectivity index (χ2n) is 3.11. The number of hydrogen-bond donors (Lipinski definition) is 2. The van der Waals surface area contributed by atoms with E-state index in [-0.39, 0.29) is 54.3 Å². The molecule has 2 aliphatic rings. The normalized spacial score (nSPS) is 30.3. The van der Waals surface area contributed by atoms with Gasteiger partial charge in [-0.05, 0) is 6.08 Å². The second-order valence-corrected chi connectivity index (χ2v) is 3.11. The first-order valence-corrected chi connectivity index (χ1v) is 4.16. The molecule has 2 heterocycles. The quantitative estimate of drug-likeness (QED) is 0.428. The van der Waals surface area contributed by atoms with E-state index in [4.69, 9.17) is 14.9 Å². The van der Waals surface area contributed by atoms with Crippen molar-refractivity contribution < 1.29 is 24.5 Å². The third-order valence-corrected chi connectivity index (χ3v) is 2.29. The van der Waals surface area contributed by atoms with Crippen LogP contribution in [0, 0.1) is 0 Å². The van der Waals surface area contributed by atoms with Crippen molar-refractivity contribution in [1.82, 2.24) is 4.90 Å². The number of ether oxygens (including phenoxy) is 1. The topological polar surface area (TPSA) is 87.1 Å². The minimum atomic E-state index is -1.14. The average Bonchev–Trinajstić information content (AvgIpc) is 2.39. The van der Waals surface area contributed by atoms with Crippen LogP contribution in [0.4, 0.5) is 0 Å². The van der Waals surface area contributed by atoms with E-state index in [2.05, 4.69) is 0 Å². The summed E-state index contributed by atoms with van der Waals surface area (Å²) in [5.41, 5.74) is 0. The predicted molar refractivity (Wildman–Crippen MR) is 50.1 cm³/mol. The van der Waals surface area contributed by atoms with Crippen LogP contribution in [0.5, 0.6) is 0 Å². The number of β-lactam (4-membered cyclic amide) rings is 1. The first kappa shape index (κ1) is 12.5. The van der Waals surface area contributed by atoms with Gasteiger partial charge < -0.3 is 14.9 Å². The molecular weight excluding hydrogens is 213 g/mol. The van der Waals surface area contributed by atoms with Crippen LogP contribution in [0.25, 0.3) is 0 Å². The number of carbonyl (C=O) groups excluding carboxylic acids is 1. The van der Waals surface area contributed by atoms with Crippen molar-refractivity contribution in [1.29, 1.82) is 0 Å². The fourth-order valence-electron chi connectivity index (χ4n) is 1.66. The Bertz CT molecular complexity index is 329. The summed E-state index contributed by atoms with van der Waals surface area (Å²) in [6, 6.07) is -1.06. The molecule has 7 heteroatoms. The Morgan fingerprint density at radius 2 is 2.33 bits per heavy atom. The van der Waals surface area contributed by atoms with Gasteiger partial charge in [0.1, 0.15) is 5.76 Å². The Morgan fingerprint density at radius 3 is 2.80 bits per heavy atom.